The van der Waals surface area contributed by atoms with Gasteiger partial charge in [0.2, 0.25) is 11.8 Å². The number of nitrogens with one attached hydrogen (secondary N) is 2. The van der Waals surface area contributed by atoms with E-state index in [-0.39, 0.29) is 18.2 Å². The minimum Gasteiger partial charge on any atom is -0.355 e. The highest BCUT2D eigenvalue weighted by Gasteiger charge is 2.09. The van der Waals surface area contributed by atoms with Crippen LogP contribution in [0.4, 0.5) is 5.69 Å². The van der Waals surface area contributed by atoms with Gasteiger partial charge in [-0.1, -0.05) is 35.9 Å². The van der Waals surface area contributed by atoms with E-state index < -0.39 is 0 Å². The highest BCUT2D eigenvalue weighted by atomic mass is 35.5. The van der Waals surface area contributed by atoms with Crippen molar-refractivity contribution in [2.24, 2.45) is 0 Å². The molecular formula is C18H19ClN2O2. The average molecular weight is 331 g/mol. The molecule has 2 amide bonds. The van der Waals surface area contributed by atoms with Gasteiger partial charge in [0.1, 0.15) is 6.42 Å². The van der Waals surface area contributed by atoms with E-state index in [1.54, 1.807) is 12.1 Å². The van der Waals surface area contributed by atoms with Crippen LogP contribution in [0.2, 0.25) is 5.02 Å². The fourth-order valence-electron chi connectivity index (χ4n) is 2.18. The molecule has 0 bridgehead atoms. The number of benzene rings is 2. The van der Waals surface area contributed by atoms with Crippen molar-refractivity contribution in [1.29, 1.82) is 0 Å². The summed E-state index contributed by atoms with van der Waals surface area (Å²) >= 11 is 5.90. The Balaban J connectivity index is 1.73. The third-order valence-corrected chi connectivity index (χ3v) is 3.48. The molecule has 0 atom stereocenters. The zero-order chi connectivity index (χ0) is 16.7. The first-order valence-corrected chi connectivity index (χ1v) is 7.78. The molecule has 2 N–H and O–H groups in total. The second-order valence-electron chi connectivity index (χ2n) is 5.32. The maximum absolute atomic E-state index is 11.8. The van der Waals surface area contributed by atoms with E-state index >= 15 is 0 Å². The summed E-state index contributed by atoms with van der Waals surface area (Å²) in [5, 5.41) is 6.12. The fraction of sp³-hybridized carbons (Fsp3) is 0.222. The molecule has 0 aliphatic heterocycles. The van der Waals surface area contributed by atoms with Crippen LogP contribution in [0.3, 0.4) is 0 Å². The van der Waals surface area contributed by atoms with Gasteiger partial charge in [-0.15, -0.1) is 0 Å². The van der Waals surface area contributed by atoms with Crippen LogP contribution in [-0.4, -0.2) is 18.4 Å². The zero-order valence-corrected chi connectivity index (χ0v) is 13.7. The van der Waals surface area contributed by atoms with Crippen molar-refractivity contribution in [3.05, 3.63) is 64.7 Å². The van der Waals surface area contributed by atoms with Crippen LogP contribution in [-0.2, 0) is 16.0 Å². The molecule has 0 aliphatic carbocycles. The number of carbonyl (C=O) groups excluding carboxylic acids is 2. The highest BCUT2D eigenvalue weighted by molar-refractivity contribution is 6.30. The van der Waals surface area contributed by atoms with Crippen molar-refractivity contribution < 1.29 is 9.59 Å². The first-order chi connectivity index (χ1) is 11.0. The molecule has 23 heavy (non-hydrogen) atoms. The number of rotatable bonds is 6. The van der Waals surface area contributed by atoms with E-state index in [1.807, 2.05) is 43.3 Å². The summed E-state index contributed by atoms with van der Waals surface area (Å²) < 4.78 is 0. The summed E-state index contributed by atoms with van der Waals surface area (Å²) in [6.07, 6.45) is 0.481. The molecule has 0 radical (unpaired) electrons. The molecule has 5 heteroatoms. The lowest BCUT2D eigenvalue weighted by Gasteiger charge is -2.07. The van der Waals surface area contributed by atoms with E-state index in [0.29, 0.717) is 23.7 Å². The Labute approximate surface area is 140 Å². The van der Waals surface area contributed by atoms with Gasteiger partial charge in [0, 0.05) is 17.3 Å². The first kappa shape index (κ1) is 17.0. The maximum atomic E-state index is 11.8. The molecule has 2 aromatic carbocycles. The molecule has 0 spiro atoms. The fourth-order valence-corrected chi connectivity index (χ4v) is 2.39. The van der Waals surface area contributed by atoms with Gasteiger partial charge in [-0.2, -0.15) is 0 Å². The van der Waals surface area contributed by atoms with Crippen LogP contribution < -0.4 is 10.6 Å². The Morgan fingerprint density at radius 3 is 2.57 bits per heavy atom. The molecule has 0 unspecified atom stereocenters. The van der Waals surface area contributed by atoms with Crippen LogP contribution in [0, 0.1) is 6.92 Å². The normalized spacial score (nSPS) is 10.2. The monoisotopic (exact) mass is 330 g/mol. The minimum atomic E-state index is -0.323. The van der Waals surface area contributed by atoms with E-state index in [0.717, 1.165) is 11.1 Å². The van der Waals surface area contributed by atoms with Crippen LogP contribution in [0.5, 0.6) is 0 Å². The Hall–Kier alpha value is -2.33. The van der Waals surface area contributed by atoms with Crippen LogP contribution in [0.15, 0.2) is 48.5 Å². The van der Waals surface area contributed by atoms with Gasteiger partial charge < -0.3 is 10.6 Å². The summed E-state index contributed by atoms with van der Waals surface area (Å²) in [4.78, 5) is 23.6. The predicted molar refractivity (Wildman–Crippen MR) is 92.6 cm³/mol. The number of halogens is 1. The van der Waals surface area contributed by atoms with Gasteiger partial charge >= 0.3 is 0 Å². The molecule has 4 nitrogen and oxygen atoms in total. The van der Waals surface area contributed by atoms with Crippen LogP contribution in [0.1, 0.15) is 17.5 Å². The molecule has 0 heterocycles. The average Bonchev–Trinajstić information content (AvgIpc) is 2.47. The number of anilines is 1. The number of carbonyl (C=O) groups is 2. The maximum Gasteiger partial charge on any atom is 0.233 e. The van der Waals surface area contributed by atoms with Gasteiger partial charge in [0.25, 0.3) is 0 Å². The quantitative estimate of drug-likeness (QED) is 0.798. The number of hydrogen-bond donors (Lipinski definition) is 2. The Morgan fingerprint density at radius 1 is 1.04 bits per heavy atom. The molecular weight excluding hydrogens is 312 g/mol. The Kier molecular flexibility index (Phi) is 6.18. The number of aryl methyl sites for hydroxylation is 1. The van der Waals surface area contributed by atoms with E-state index in [4.69, 9.17) is 11.6 Å². The topological polar surface area (TPSA) is 58.2 Å². The van der Waals surface area contributed by atoms with Crippen molar-refractivity contribution in [3.63, 3.8) is 0 Å². The zero-order valence-electron chi connectivity index (χ0n) is 12.9. The smallest absolute Gasteiger partial charge is 0.233 e. The third-order valence-electron chi connectivity index (χ3n) is 3.25. The molecule has 120 valence electrons. The number of amides is 2. The predicted octanol–water partition coefficient (Wildman–Crippen LogP) is 3.34. The van der Waals surface area contributed by atoms with Crippen molar-refractivity contribution in [2.75, 3.05) is 11.9 Å². The molecule has 0 fully saturated rings. The van der Waals surface area contributed by atoms with Gasteiger partial charge in [0.05, 0.1) is 0 Å². The molecule has 0 aliphatic rings. The molecule has 2 aromatic rings. The van der Waals surface area contributed by atoms with Crippen molar-refractivity contribution in [3.8, 4) is 0 Å². The Bertz CT molecular complexity index is 701. The van der Waals surface area contributed by atoms with E-state index in [1.165, 1.54) is 0 Å². The minimum absolute atomic E-state index is 0.191. The third kappa shape index (κ3) is 6.12. The first-order valence-electron chi connectivity index (χ1n) is 7.40. The lowest BCUT2D eigenvalue weighted by molar-refractivity contribution is -0.126. The standard InChI is InChI=1S/C18H19ClN2O2/c1-13-4-2-7-16(10-13)21-18(23)12-17(22)20-9-8-14-5-3-6-15(19)11-14/h2-7,10-11H,8-9,12H2,1H3,(H,20,22)(H,21,23). The van der Waals surface area contributed by atoms with Crippen molar-refractivity contribution in [2.45, 2.75) is 19.8 Å². The van der Waals surface area contributed by atoms with E-state index in [2.05, 4.69) is 10.6 Å². The van der Waals surface area contributed by atoms with Crippen molar-refractivity contribution in [1.82, 2.24) is 5.32 Å². The van der Waals surface area contributed by atoms with Gasteiger partial charge in [-0.25, -0.2) is 0 Å². The van der Waals surface area contributed by atoms with E-state index in [9.17, 15) is 9.59 Å². The molecule has 0 aromatic heterocycles. The summed E-state index contributed by atoms with van der Waals surface area (Å²) in [6, 6.07) is 14.9. The summed E-state index contributed by atoms with van der Waals surface area (Å²) in [5.41, 5.74) is 2.79. The summed E-state index contributed by atoms with van der Waals surface area (Å²) in [7, 11) is 0. The Morgan fingerprint density at radius 2 is 1.83 bits per heavy atom. The van der Waals surface area contributed by atoms with Gasteiger partial charge in [-0.05, 0) is 48.7 Å². The lowest BCUT2D eigenvalue weighted by Crippen LogP contribution is -2.29. The van der Waals surface area contributed by atoms with Crippen LogP contribution >= 0.6 is 11.6 Å². The van der Waals surface area contributed by atoms with Crippen LogP contribution in [0.25, 0.3) is 0 Å². The largest absolute Gasteiger partial charge is 0.355 e. The van der Waals surface area contributed by atoms with Gasteiger partial charge in [0.15, 0.2) is 0 Å². The molecule has 0 saturated heterocycles. The second-order valence-corrected chi connectivity index (χ2v) is 5.76. The number of hydrogen-bond acceptors (Lipinski definition) is 2. The second kappa shape index (κ2) is 8.34. The van der Waals surface area contributed by atoms with Crippen molar-refractivity contribution >= 4 is 29.1 Å². The highest BCUT2D eigenvalue weighted by Crippen LogP contribution is 2.11. The SMILES string of the molecule is Cc1cccc(NC(=O)CC(=O)NCCc2cccc(Cl)c2)c1. The lowest BCUT2D eigenvalue weighted by atomic mass is 10.1. The van der Waals surface area contributed by atoms with Gasteiger partial charge in [-0.3, -0.25) is 9.59 Å². The summed E-state index contributed by atoms with van der Waals surface area (Å²) in [6.45, 7) is 2.41. The molecule has 2 rings (SSSR count). The molecule has 0 saturated carbocycles. The summed E-state index contributed by atoms with van der Waals surface area (Å²) in [5.74, 6) is -0.618.